The number of nitrogens with one attached hydrogen (secondary N) is 1. The summed E-state index contributed by atoms with van der Waals surface area (Å²) in [6.45, 7) is 7.46. The van der Waals surface area contributed by atoms with Crippen LogP contribution >= 0.6 is 0 Å². The van der Waals surface area contributed by atoms with E-state index < -0.39 is 0 Å². The summed E-state index contributed by atoms with van der Waals surface area (Å²) in [4.78, 5) is 0. The van der Waals surface area contributed by atoms with Crippen LogP contribution in [0, 0.1) is 5.92 Å². The maximum absolute atomic E-state index is 5.80. The van der Waals surface area contributed by atoms with Crippen molar-refractivity contribution in [3.05, 3.63) is 29.8 Å². The minimum absolute atomic E-state index is 0.237. The molecule has 1 aromatic carbocycles. The highest BCUT2D eigenvalue weighted by Crippen LogP contribution is 2.38. The predicted octanol–water partition coefficient (Wildman–Crippen LogP) is 4.31. The van der Waals surface area contributed by atoms with E-state index in [1.807, 2.05) is 0 Å². The van der Waals surface area contributed by atoms with E-state index in [1.165, 1.54) is 31.2 Å². The fraction of sp³-hybridized carbons (Fsp3) is 0.647. The molecule has 2 rings (SSSR count). The van der Waals surface area contributed by atoms with Gasteiger partial charge in [0.05, 0.1) is 6.10 Å². The SMILES string of the molecule is CCCNC(CC1CC1)c1cccc(OC(C)C)c1. The van der Waals surface area contributed by atoms with Crippen molar-refractivity contribution in [2.45, 2.75) is 58.6 Å². The molecular weight excluding hydrogens is 234 g/mol. The van der Waals surface area contributed by atoms with E-state index in [0.717, 1.165) is 18.2 Å². The van der Waals surface area contributed by atoms with E-state index in [2.05, 4.69) is 50.4 Å². The molecule has 1 N–H and O–H groups in total. The van der Waals surface area contributed by atoms with Crippen molar-refractivity contribution in [3.63, 3.8) is 0 Å². The van der Waals surface area contributed by atoms with Gasteiger partial charge in [0.1, 0.15) is 5.75 Å². The molecule has 19 heavy (non-hydrogen) atoms. The van der Waals surface area contributed by atoms with Crippen LogP contribution < -0.4 is 10.1 Å². The third kappa shape index (κ3) is 4.87. The lowest BCUT2D eigenvalue weighted by Gasteiger charge is -2.20. The Balaban J connectivity index is 2.05. The highest BCUT2D eigenvalue weighted by atomic mass is 16.5. The minimum atomic E-state index is 0.237. The van der Waals surface area contributed by atoms with Crippen LogP contribution in [-0.2, 0) is 0 Å². The van der Waals surface area contributed by atoms with Gasteiger partial charge in [-0.3, -0.25) is 0 Å². The van der Waals surface area contributed by atoms with E-state index in [1.54, 1.807) is 0 Å². The first-order valence-corrected chi connectivity index (χ1v) is 7.69. The molecule has 0 spiro atoms. The lowest BCUT2D eigenvalue weighted by Crippen LogP contribution is -2.22. The summed E-state index contributed by atoms with van der Waals surface area (Å²) in [6, 6.07) is 9.08. The zero-order valence-corrected chi connectivity index (χ0v) is 12.5. The molecule has 1 atom stereocenters. The summed E-state index contributed by atoms with van der Waals surface area (Å²) < 4.78 is 5.80. The molecule has 1 fully saturated rings. The van der Waals surface area contributed by atoms with Crippen LogP contribution in [0.5, 0.6) is 5.75 Å². The first kappa shape index (κ1) is 14.4. The first-order valence-electron chi connectivity index (χ1n) is 7.69. The van der Waals surface area contributed by atoms with Crippen LogP contribution in [-0.4, -0.2) is 12.6 Å². The zero-order valence-electron chi connectivity index (χ0n) is 12.5. The quantitative estimate of drug-likeness (QED) is 0.752. The molecule has 2 nitrogen and oxygen atoms in total. The fourth-order valence-electron chi connectivity index (χ4n) is 2.42. The van der Waals surface area contributed by atoms with Crippen LogP contribution in [0.2, 0.25) is 0 Å². The Morgan fingerprint density at radius 1 is 1.32 bits per heavy atom. The smallest absolute Gasteiger partial charge is 0.120 e. The van der Waals surface area contributed by atoms with Crippen molar-refractivity contribution in [1.82, 2.24) is 5.32 Å². The first-order chi connectivity index (χ1) is 9.19. The topological polar surface area (TPSA) is 21.3 Å². The van der Waals surface area contributed by atoms with E-state index in [0.29, 0.717) is 6.04 Å². The lowest BCUT2D eigenvalue weighted by atomic mass is 10.0. The molecule has 1 saturated carbocycles. The third-order valence-corrected chi connectivity index (χ3v) is 3.54. The molecule has 0 aromatic heterocycles. The van der Waals surface area contributed by atoms with Gasteiger partial charge in [0.25, 0.3) is 0 Å². The number of rotatable bonds is 8. The molecule has 0 radical (unpaired) electrons. The number of benzene rings is 1. The molecule has 0 heterocycles. The Morgan fingerprint density at radius 3 is 2.74 bits per heavy atom. The maximum Gasteiger partial charge on any atom is 0.120 e. The summed E-state index contributed by atoms with van der Waals surface area (Å²) in [7, 11) is 0. The van der Waals surface area contributed by atoms with Crippen molar-refractivity contribution < 1.29 is 4.74 Å². The molecule has 2 heteroatoms. The van der Waals surface area contributed by atoms with Crippen LogP contribution in [0.4, 0.5) is 0 Å². The van der Waals surface area contributed by atoms with Gasteiger partial charge in [0, 0.05) is 6.04 Å². The molecule has 1 aliphatic carbocycles. The summed E-state index contributed by atoms with van der Waals surface area (Å²) in [5.74, 6) is 1.93. The van der Waals surface area contributed by atoms with E-state index in [9.17, 15) is 0 Å². The average molecular weight is 261 g/mol. The maximum atomic E-state index is 5.80. The summed E-state index contributed by atoms with van der Waals surface area (Å²) in [5, 5.41) is 3.68. The van der Waals surface area contributed by atoms with Crippen LogP contribution in [0.15, 0.2) is 24.3 Å². The lowest BCUT2D eigenvalue weighted by molar-refractivity contribution is 0.242. The predicted molar refractivity (Wildman–Crippen MR) is 80.6 cm³/mol. The fourth-order valence-corrected chi connectivity index (χ4v) is 2.42. The zero-order chi connectivity index (χ0) is 13.7. The van der Waals surface area contributed by atoms with Crippen LogP contribution in [0.25, 0.3) is 0 Å². The van der Waals surface area contributed by atoms with E-state index in [-0.39, 0.29) is 6.10 Å². The van der Waals surface area contributed by atoms with Crippen molar-refractivity contribution in [2.24, 2.45) is 5.92 Å². The second-order valence-corrected chi connectivity index (χ2v) is 5.92. The molecule has 1 aromatic rings. The van der Waals surface area contributed by atoms with Gasteiger partial charge < -0.3 is 10.1 Å². The number of ether oxygens (including phenoxy) is 1. The minimum Gasteiger partial charge on any atom is -0.491 e. The van der Waals surface area contributed by atoms with Crippen molar-refractivity contribution >= 4 is 0 Å². The largest absolute Gasteiger partial charge is 0.491 e. The van der Waals surface area contributed by atoms with Gasteiger partial charge in [0.2, 0.25) is 0 Å². The van der Waals surface area contributed by atoms with Gasteiger partial charge in [-0.05, 0) is 56.8 Å². The molecule has 0 aliphatic heterocycles. The van der Waals surface area contributed by atoms with Gasteiger partial charge in [-0.2, -0.15) is 0 Å². The standard InChI is InChI=1S/C17H27NO/c1-4-10-18-17(11-14-8-9-14)15-6-5-7-16(12-15)19-13(2)3/h5-7,12-14,17-18H,4,8-11H2,1-3H3. The molecule has 1 unspecified atom stereocenters. The highest BCUT2D eigenvalue weighted by Gasteiger charge is 2.26. The Kier molecular flexibility index (Phi) is 5.26. The number of hydrogen-bond acceptors (Lipinski definition) is 2. The van der Waals surface area contributed by atoms with Crippen LogP contribution in [0.1, 0.15) is 58.1 Å². The Hall–Kier alpha value is -1.02. The summed E-state index contributed by atoms with van der Waals surface area (Å²) >= 11 is 0. The van der Waals surface area contributed by atoms with Gasteiger partial charge in [-0.25, -0.2) is 0 Å². The van der Waals surface area contributed by atoms with Crippen molar-refractivity contribution in [3.8, 4) is 5.75 Å². The Bertz CT molecular complexity index is 385. The monoisotopic (exact) mass is 261 g/mol. The van der Waals surface area contributed by atoms with E-state index in [4.69, 9.17) is 4.74 Å². The summed E-state index contributed by atoms with van der Waals surface area (Å²) in [6.07, 6.45) is 5.51. The second kappa shape index (κ2) is 6.95. The normalized spacial score (nSPS) is 16.6. The molecule has 1 aliphatic rings. The van der Waals surface area contributed by atoms with Gasteiger partial charge in [-0.1, -0.05) is 31.9 Å². The second-order valence-electron chi connectivity index (χ2n) is 5.92. The van der Waals surface area contributed by atoms with Crippen LogP contribution in [0.3, 0.4) is 0 Å². The van der Waals surface area contributed by atoms with Gasteiger partial charge in [0.15, 0.2) is 0 Å². The Labute approximate surface area is 117 Å². The highest BCUT2D eigenvalue weighted by molar-refractivity contribution is 5.31. The van der Waals surface area contributed by atoms with Gasteiger partial charge in [-0.15, -0.1) is 0 Å². The molecular formula is C17H27NO. The average Bonchev–Trinajstić information content (AvgIpc) is 3.18. The number of hydrogen-bond donors (Lipinski definition) is 1. The molecule has 106 valence electrons. The molecule has 0 bridgehead atoms. The van der Waals surface area contributed by atoms with Crippen molar-refractivity contribution in [2.75, 3.05) is 6.54 Å². The third-order valence-electron chi connectivity index (χ3n) is 3.54. The molecule has 0 amide bonds. The van der Waals surface area contributed by atoms with Gasteiger partial charge >= 0.3 is 0 Å². The Morgan fingerprint density at radius 2 is 2.11 bits per heavy atom. The van der Waals surface area contributed by atoms with Crippen molar-refractivity contribution in [1.29, 1.82) is 0 Å². The summed E-state index contributed by atoms with van der Waals surface area (Å²) in [5.41, 5.74) is 1.37. The molecule has 0 saturated heterocycles. The van der Waals surface area contributed by atoms with E-state index >= 15 is 0 Å².